The van der Waals surface area contributed by atoms with Crippen LogP contribution in [0.4, 0.5) is 11.4 Å². The fourth-order valence-electron chi connectivity index (χ4n) is 8.15. The summed E-state index contributed by atoms with van der Waals surface area (Å²) in [6.45, 7) is 4.59. The number of hydrogen-bond donors (Lipinski definition) is 2. The van der Waals surface area contributed by atoms with Gasteiger partial charge in [-0.1, -0.05) is 215 Å². The summed E-state index contributed by atoms with van der Waals surface area (Å²) in [5.41, 5.74) is 22.2. The lowest BCUT2D eigenvalue weighted by atomic mass is 9.85. The molecule has 0 saturated heterocycles. The van der Waals surface area contributed by atoms with Crippen LogP contribution in [0.25, 0.3) is 0 Å². The molecule has 0 aliphatic heterocycles. The first-order valence-corrected chi connectivity index (χ1v) is 22.0. The maximum atomic E-state index is 6.08. The van der Waals surface area contributed by atoms with Gasteiger partial charge in [0.25, 0.3) is 0 Å². The van der Waals surface area contributed by atoms with Gasteiger partial charge in [-0.3, -0.25) is 0 Å². The molecule has 0 fully saturated rings. The number of nitrogen functional groups attached to an aromatic ring is 2. The summed E-state index contributed by atoms with van der Waals surface area (Å²) < 4.78 is 0. The van der Waals surface area contributed by atoms with Crippen molar-refractivity contribution in [3.8, 4) is 0 Å². The Morgan fingerprint density at radius 1 is 0.321 bits per heavy atom. The second-order valence-corrected chi connectivity index (χ2v) is 16.0. The molecule has 288 valence electrons. The van der Waals surface area contributed by atoms with Crippen molar-refractivity contribution >= 4 is 11.4 Å². The van der Waals surface area contributed by atoms with Gasteiger partial charge < -0.3 is 11.5 Å². The summed E-state index contributed by atoms with van der Waals surface area (Å²) in [6.07, 6.45) is 30.8. The third kappa shape index (κ3) is 16.2. The molecule has 0 aromatic heterocycles. The van der Waals surface area contributed by atoms with E-state index < -0.39 is 0 Å². The minimum Gasteiger partial charge on any atom is -0.399 e. The predicted octanol–water partition coefficient (Wildman–Crippen LogP) is 15.3. The summed E-state index contributed by atoms with van der Waals surface area (Å²) in [6, 6.07) is 36.1. The molecule has 2 nitrogen and oxygen atoms in total. The molecule has 4 N–H and O–H groups in total. The topological polar surface area (TPSA) is 52.0 Å². The van der Waals surface area contributed by atoms with Gasteiger partial charge in [0.2, 0.25) is 0 Å². The van der Waals surface area contributed by atoms with Crippen molar-refractivity contribution in [3.63, 3.8) is 0 Å². The SMILES string of the molecule is CCCCCCCCCCCCC(c1ccc(N)cc1)c1ccc(Cc2ccc(C(CCCCCCCCCCCC)c3ccc(N)cc3)cc2)cc1. The van der Waals surface area contributed by atoms with Crippen LogP contribution in [0.3, 0.4) is 0 Å². The van der Waals surface area contributed by atoms with Crippen LogP contribution in [0.15, 0.2) is 97.1 Å². The van der Waals surface area contributed by atoms with Crippen molar-refractivity contribution in [2.45, 2.75) is 173 Å². The Bertz CT molecular complexity index is 1350. The molecule has 4 aromatic carbocycles. The van der Waals surface area contributed by atoms with E-state index in [0.29, 0.717) is 11.8 Å². The number of rotatable bonds is 28. The van der Waals surface area contributed by atoms with E-state index in [2.05, 4.69) is 111 Å². The normalized spacial score (nSPS) is 12.6. The zero-order valence-electron chi connectivity index (χ0n) is 33.8. The molecular formula is C51H74N2. The Hall–Kier alpha value is -3.52. The molecule has 2 unspecified atom stereocenters. The Balaban J connectivity index is 1.30. The lowest BCUT2D eigenvalue weighted by Crippen LogP contribution is -2.03. The third-order valence-corrected chi connectivity index (χ3v) is 11.5. The Kier molecular flexibility index (Phi) is 20.3. The van der Waals surface area contributed by atoms with E-state index in [9.17, 15) is 0 Å². The Labute approximate surface area is 325 Å². The van der Waals surface area contributed by atoms with Gasteiger partial charge in [0.15, 0.2) is 0 Å². The molecule has 53 heavy (non-hydrogen) atoms. The van der Waals surface area contributed by atoms with E-state index in [1.807, 2.05) is 0 Å². The van der Waals surface area contributed by atoms with Gasteiger partial charge in [-0.05, 0) is 76.9 Å². The average molecular weight is 715 g/mol. The molecule has 0 aliphatic rings. The second-order valence-electron chi connectivity index (χ2n) is 16.0. The molecular weight excluding hydrogens is 641 g/mol. The van der Waals surface area contributed by atoms with Crippen molar-refractivity contribution in [2.24, 2.45) is 0 Å². The first-order valence-electron chi connectivity index (χ1n) is 22.0. The van der Waals surface area contributed by atoms with E-state index in [0.717, 1.165) is 17.8 Å². The fraction of sp³-hybridized carbons (Fsp3) is 0.529. The number of benzene rings is 4. The van der Waals surface area contributed by atoms with Crippen LogP contribution in [-0.4, -0.2) is 0 Å². The maximum absolute atomic E-state index is 6.08. The Morgan fingerprint density at radius 3 is 0.849 bits per heavy atom. The summed E-state index contributed by atoms with van der Waals surface area (Å²) in [4.78, 5) is 0. The highest BCUT2D eigenvalue weighted by molar-refractivity contribution is 5.45. The molecule has 0 radical (unpaired) electrons. The minimum atomic E-state index is 0.416. The van der Waals surface area contributed by atoms with Gasteiger partial charge in [0, 0.05) is 23.2 Å². The number of unbranched alkanes of at least 4 members (excludes halogenated alkanes) is 18. The summed E-state index contributed by atoms with van der Waals surface area (Å²) in [7, 11) is 0. The van der Waals surface area contributed by atoms with Gasteiger partial charge in [-0.15, -0.1) is 0 Å². The zero-order valence-corrected chi connectivity index (χ0v) is 33.8. The van der Waals surface area contributed by atoms with Crippen LogP contribution in [0.1, 0.15) is 200 Å². The second kappa shape index (κ2) is 25.5. The number of anilines is 2. The van der Waals surface area contributed by atoms with E-state index >= 15 is 0 Å². The van der Waals surface area contributed by atoms with Crippen molar-refractivity contribution in [1.29, 1.82) is 0 Å². The van der Waals surface area contributed by atoms with Crippen LogP contribution in [0, 0.1) is 0 Å². The largest absolute Gasteiger partial charge is 0.399 e. The molecule has 0 spiro atoms. The summed E-state index contributed by atoms with van der Waals surface area (Å²) >= 11 is 0. The Morgan fingerprint density at radius 2 is 0.566 bits per heavy atom. The third-order valence-electron chi connectivity index (χ3n) is 11.5. The van der Waals surface area contributed by atoms with Gasteiger partial charge in [-0.25, -0.2) is 0 Å². The molecule has 0 amide bonds. The van der Waals surface area contributed by atoms with E-state index in [1.54, 1.807) is 0 Å². The smallest absolute Gasteiger partial charge is 0.0314 e. The minimum absolute atomic E-state index is 0.416. The van der Waals surface area contributed by atoms with Crippen LogP contribution >= 0.6 is 0 Å². The summed E-state index contributed by atoms with van der Waals surface area (Å²) in [5, 5.41) is 0. The van der Waals surface area contributed by atoms with Crippen LogP contribution in [-0.2, 0) is 6.42 Å². The van der Waals surface area contributed by atoms with Crippen LogP contribution in [0.5, 0.6) is 0 Å². The van der Waals surface area contributed by atoms with Crippen LogP contribution < -0.4 is 11.5 Å². The molecule has 2 atom stereocenters. The van der Waals surface area contributed by atoms with Crippen molar-refractivity contribution in [1.82, 2.24) is 0 Å². The quantitative estimate of drug-likeness (QED) is 0.0454. The van der Waals surface area contributed by atoms with Crippen LogP contribution in [0.2, 0.25) is 0 Å². The highest BCUT2D eigenvalue weighted by atomic mass is 14.5. The van der Waals surface area contributed by atoms with Gasteiger partial charge in [0.1, 0.15) is 0 Å². The highest BCUT2D eigenvalue weighted by Gasteiger charge is 2.16. The van der Waals surface area contributed by atoms with E-state index in [1.165, 1.54) is 175 Å². The lowest BCUT2D eigenvalue weighted by Gasteiger charge is -2.20. The molecule has 0 aliphatic carbocycles. The number of nitrogens with two attached hydrogens (primary N) is 2. The average Bonchev–Trinajstić information content (AvgIpc) is 3.18. The molecule has 4 rings (SSSR count). The highest BCUT2D eigenvalue weighted by Crippen LogP contribution is 2.33. The standard InChI is InChI=1S/C51H74N2/c1-3-5-7-9-11-13-15-17-19-21-23-50(46-33-37-48(52)38-34-46)44-29-25-42(26-30-44)41-43-27-31-45(32-28-43)51(47-35-39-49(53)40-36-47)24-22-20-18-16-14-12-10-8-6-4-2/h25-40,50-51H,3-24,41,52-53H2,1-2H3. The van der Waals surface area contributed by atoms with Crippen molar-refractivity contribution in [2.75, 3.05) is 11.5 Å². The van der Waals surface area contributed by atoms with E-state index in [4.69, 9.17) is 11.5 Å². The monoisotopic (exact) mass is 715 g/mol. The fourth-order valence-corrected chi connectivity index (χ4v) is 8.15. The van der Waals surface area contributed by atoms with Gasteiger partial charge in [-0.2, -0.15) is 0 Å². The van der Waals surface area contributed by atoms with Crippen molar-refractivity contribution in [3.05, 3.63) is 130 Å². The van der Waals surface area contributed by atoms with Crippen molar-refractivity contribution < 1.29 is 0 Å². The molecule has 2 heteroatoms. The first kappa shape index (κ1) is 42.2. The molecule has 4 aromatic rings. The lowest BCUT2D eigenvalue weighted by molar-refractivity contribution is 0.540. The number of hydrogen-bond acceptors (Lipinski definition) is 2. The summed E-state index contributed by atoms with van der Waals surface area (Å²) in [5.74, 6) is 0.831. The van der Waals surface area contributed by atoms with E-state index in [-0.39, 0.29) is 0 Å². The zero-order chi connectivity index (χ0) is 37.4. The predicted molar refractivity (Wildman–Crippen MR) is 234 cm³/mol. The maximum Gasteiger partial charge on any atom is 0.0314 e. The van der Waals surface area contributed by atoms with Gasteiger partial charge >= 0.3 is 0 Å². The molecule has 0 saturated carbocycles. The van der Waals surface area contributed by atoms with Gasteiger partial charge in [0.05, 0.1) is 0 Å². The first-order chi connectivity index (χ1) is 26.1. The molecule has 0 bridgehead atoms. The molecule has 0 heterocycles.